The van der Waals surface area contributed by atoms with E-state index in [0.717, 1.165) is 35.7 Å². The summed E-state index contributed by atoms with van der Waals surface area (Å²) in [5.74, 6) is 1.62. The van der Waals surface area contributed by atoms with Gasteiger partial charge in [-0.3, -0.25) is 0 Å². The van der Waals surface area contributed by atoms with Crippen LogP contribution in [0.25, 0.3) is 0 Å². The lowest BCUT2D eigenvalue weighted by molar-refractivity contribution is 0.105. The smallest absolute Gasteiger partial charge is 0.132 e. The van der Waals surface area contributed by atoms with Crippen LogP contribution in [0.15, 0.2) is 12.1 Å². The molecule has 2 heterocycles. The molecule has 1 saturated heterocycles. The van der Waals surface area contributed by atoms with Crippen molar-refractivity contribution in [2.75, 3.05) is 49.7 Å². The van der Waals surface area contributed by atoms with Crippen molar-refractivity contribution in [2.45, 2.75) is 6.10 Å². The van der Waals surface area contributed by atoms with E-state index in [0.29, 0.717) is 5.82 Å². The number of aliphatic hydroxyl groups is 2. The Morgan fingerprint density at radius 2 is 2.16 bits per heavy atom. The maximum Gasteiger partial charge on any atom is 0.132 e. The summed E-state index contributed by atoms with van der Waals surface area (Å²) in [6.07, 6.45) is -0.772. The van der Waals surface area contributed by atoms with E-state index in [1.807, 2.05) is 12.1 Å². The Hall–Kier alpha value is -0.640. The molecule has 0 spiro atoms. The van der Waals surface area contributed by atoms with Crippen molar-refractivity contribution in [3.8, 4) is 0 Å². The Kier molecular flexibility index (Phi) is 5.61. The first kappa shape index (κ1) is 14.8. The molecule has 7 heteroatoms. The number of hydrogen-bond donors (Lipinski definition) is 3. The molecule has 0 aliphatic carbocycles. The van der Waals surface area contributed by atoms with Crippen LogP contribution in [-0.4, -0.2) is 60.8 Å². The quantitative estimate of drug-likeness (QED) is 0.639. The molecule has 1 aromatic heterocycles. The predicted octanol–water partition coefficient (Wildman–Crippen LogP) is 0.288. The van der Waals surface area contributed by atoms with Crippen molar-refractivity contribution in [3.63, 3.8) is 0 Å². The van der Waals surface area contributed by atoms with E-state index in [9.17, 15) is 5.11 Å². The number of nitrogens with one attached hydrogen (secondary N) is 1. The highest BCUT2D eigenvalue weighted by molar-refractivity contribution is 14.1. The Labute approximate surface area is 125 Å². The van der Waals surface area contributed by atoms with Gasteiger partial charge in [-0.15, -0.1) is 0 Å². The molecule has 1 aliphatic rings. The Morgan fingerprint density at radius 3 is 2.84 bits per heavy atom. The van der Waals surface area contributed by atoms with Crippen LogP contribution in [0, 0.1) is 3.57 Å². The zero-order chi connectivity index (χ0) is 13.7. The van der Waals surface area contributed by atoms with Crippen molar-refractivity contribution < 1.29 is 14.9 Å². The summed E-state index contributed by atoms with van der Waals surface area (Å²) < 4.78 is 6.41. The number of morpholine rings is 1. The molecule has 1 aromatic rings. The van der Waals surface area contributed by atoms with Crippen LogP contribution >= 0.6 is 22.6 Å². The molecule has 6 nitrogen and oxygen atoms in total. The molecule has 1 fully saturated rings. The molecule has 0 amide bonds. The van der Waals surface area contributed by atoms with Crippen LogP contribution in [0.5, 0.6) is 0 Å². The van der Waals surface area contributed by atoms with Gasteiger partial charge in [0.25, 0.3) is 0 Å². The highest BCUT2D eigenvalue weighted by atomic mass is 127. The summed E-state index contributed by atoms with van der Waals surface area (Å²) in [5.41, 5.74) is 0. The van der Waals surface area contributed by atoms with Gasteiger partial charge in [-0.05, 0) is 34.7 Å². The lowest BCUT2D eigenvalue weighted by Gasteiger charge is -2.28. The van der Waals surface area contributed by atoms with E-state index in [1.165, 1.54) is 0 Å². The SMILES string of the molecule is OC[C@H](O)CNc1cc(I)cc(N2CCOCC2)n1. The number of pyridine rings is 1. The number of ether oxygens (including phenoxy) is 1. The van der Waals surface area contributed by atoms with Crippen LogP contribution in [0.2, 0.25) is 0 Å². The van der Waals surface area contributed by atoms with Gasteiger partial charge in [-0.1, -0.05) is 0 Å². The van der Waals surface area contributed by atoms with Gasteiger partial charge in [0.05, 0.1) is 25.9 Å². The molecule has 19 heavy (non-hydrogen) atoms. The molecule has 0 saturated carbocycles. The first-order valence-corrected chi connectivity index (χ1v) is 7.30. The van der Waals surface area contributed by atoms with Gasteiger partial charge >= 0.3 is 0 Å². The maximum atomic E-state index is 9.34. The largest absolute Gasteiger partial charge is 0.394 e. The minimum atomic E-state index is -0.772. The fraction of sp³-hybridized carbons (Fsp3) is 0.583. The highest BCUT2D eigenvalue weighted by Gasteiger charge is 2.14. The lowest BCUT2D eigenvalue weighted by atomic mass is 10.3. The van der Waals surface area contributed by atoms with E-state index in [4.69, 9.17) is 9.84 Å². The molecule has 0 radical (unpaired) electrons. The number of aromatic nitrogens is 1. The van der Waals surface area contributed by atoms with Gasteiger partial charge in [0.1, 0.15) is 11.6 Å². The first-order valence-electron chi connectivity index (χ1n) is 6.22. The number of anilines is 2. The van der Waals surface area contributed by atoms with Gasteiger partial charge in [0.2, 0.25) is 0 Å². The van der Waals surface area contributed by atoms with Crippen LogP contribution in [0.4, 0.5) is 11.6 Å². The van der Waals surface area contributed by atoms with Crippen LogP contribution in [0.3, 0.4) is 0 Å². The third kappa shape index (κ3) is 4.44. The molecule has 3 N–H and O–H groups in total. The lowest BCUT2D eigenvalue weighted by Crippen LogP contribution is -2.37. The number of hydrogen-bond acceptors (Lipinski definition) is 6. The molecular weight excluding hydrogens is 361 g/mol. The normalized spacial score (nSPS) is 17.3. The molecular formula is C12H18IN3O3. The van der Waals surface area contributed by atoms with Crippen LogP contribution in [-0.2, 0) is 4.74 Å². The summed E-state index contributed by atoms with van der Waals surface area (Å²) >= 11 is 2.24. The highest BCUT2D eigenvalue weighted by Crippen LogP contribution is 2.20. The van der Waals surface area contributed by atoms with Crippen molar-refractivity contribution in [2.24, 2.45) is 0 Å². The summed E-state index contributed by atoms with van der Waals surface area (Å²) in [6.45, 7) is 3.15. The summed E-state index contributed by atoms with van der Waals surface area (Å²) in [6, 6.07) is 3.94. The molecule has 2 rings (SSSR count). The average molecular weight is 379 g/mol. The second-order valence-electron chi connectivity index (χ2n) is 4.35. The molecule has 106 valence electrons. The maximum absolute atomic E-state index is 9.34. The van der Waals surface area contributed by atoms with Gasteiger partial charge in [0, 0.05) is 23.2 Å². The van der Waals surface area contributed by atoms with E-state index in [1.54, 1.807) is 0 Å². The number of halogens is 1. The Balaban J connectivity index is 2.05. The van der Waals surface area contributed by atoms with Crippen molar-refractivity contribution in [1.29, 1.82) is 0 Å². The van der Waals surface area contributed by atoms with Gasteiger partial charge in [-0.2, -0.15) is 0 Å². The van der Waals surface area contributed by atoms with Crippen molar-refractivity contribution >= 4 is 34.2 Å². The average Bonchev–Trinajstić information content (AvgIpc) is 2.45. The van der Waals surface area contributed by atoms with E-state index >= 15 is 0 Å². The standard InChI is InChI=1S/C12H18IN3O3/c13-9-5-11(14-7-10(18)8-17)15-12(6-9)16-1-3-19-4-2-16/h5-6,10,17-18H,1-4,7-8H2,(H,14,15)/t10-/m1/s1. The zero-order valence-electron chi connectivity index (χ0n) is 10.5. The number of nitrogens with zero attached hydrogens (tertiary/aromatic N) is 2. The van der Waals surface area contributed by atoms with Gasteiger partial charge in [-0.25, -0.2) is 4.98 Å². The Morgan fingerprint density at radius 1 is 1.42 bits per heavy atom. The predicted molar refractivity (Wildman–Crippen MR) is 81.6 cm³/mol. The minimum Gasteiger partial charge on any atom is -0.394 e. The Bertz CT molecular complexity index is 413. The minimum absolute atomic E-state index is 0.257. The van der Waals surface area contributed by atoms with Crippen molar-refractivity contribution in [1.82, 2.24) is 4.98 Å². The van der Waals surface area contributed by atoms with Gasteiger partial charge < -0.3 is 25.2 Å². The zero-order valence-corrected chi connectivity index (χ0v) is 12.7. The molecule has 1 aliphatic heterocycles. The van der Waals surface area contributed by atoms with E-state index in [2.05, 4.69) is 37.8 Å². The number of rotatable bonds is 5. The third-order valence-electron chi connectivity index (χ3n) is 2.84. The molecule has 0 aromatic carbocycles. The first-order chi connectivity index (χ1) is 9.19. The second kappa shape index (κ2) is 7.22. The second-order valence-corrected chi connectivity index (χ2v) is 5.59. The molecule has 0 unspecified atom stereocenters. The van der Waals surface area contributed by atoms with Crippen LogP contribution in [0.1, 0.15) is 0 Å². The summed E-state index contributed by atoms with van der Waals surface area (Å²) in [7, 11) is 0. The van der Waals surface area contributed by atoms with Crippen molar-refractivity contribution in [3.05, 3.63) is 15.7 Å². The fourth-order valence-electron chi connectivity index (χ4n) is 1.82. The molecule has 0 bridgehead atoms. The summed E-state index contributed by atoms with van der Waals surface area (Å²) in [4.78, 5) is 6.71. The topological polar surface area (TPSA) is 77.9 Å². The third-order valence-corrected chi connectivity index (χ3v) is 3.46. The molecule has 1 atom stereocenters. The van der Waals surface area contributed by atoms with E-state index in [-0.39, 0.29) is 13.2 Å². The van der Waals surface area contributed by atoms with E-state index < -0.39 is 6.10 Å². The van der Waals surface area contributed by atoms with Crippen LogP contribution < -0.4 is 10.2 Å². The summed E-state index contributed by atoms with van der Waals surface area (Å²) in [5, 5.41) is 21.2. The van der Waals surface area contributed by atoms with Gasteiger partial charge in [0.15, 0.2) is 0 Å². The number of aliphatic hydroxyl groups excluding tert-OH is 2. The monoisotopic (exact) mass is 379 g/mol. The fourth-order valence-corrected chi connectivity index (χ4v) is 2.39.